The molecule has 1 aliphatic heterocycles. The third kappa shape index (κ3) is 4.16. The Bertz CT molecular complexity index is 673. The maximum Gasteiger partial charge on any atom is 0.323 e. The van der Waals surface area contributed by atoms with Gasteiger partial charge in [-0.3, -0.25) is 9.59 Å². The van der Waals surface area contributed by atoms with Crippen molar-refractivity contribution in [3.8, 4) is 0 Å². The Morgan fingerprint density at radius 2 is 2.10 bits per heavy atom. The summed E-state index contributed by atoms with van der Waals surface area (Å²) >= 11 is 2.06. The number of aliphatic carboxylic acids is 1. The molecule has 0 aliphatic carbocycles. The van der Waals surface area contributed by atoms with Gasteiger partial charge in [0, 0.05) is 15.2 Å². The summed E-state index contributed by atoms with van der Waals surface area (Å²) in [6.45, 7) is -0.496. The molecule has 1 aromatic carbocycles. The topological polar surface area (TPSA) is 91.8 Å². The lowest BCUT2D eigenvalue weighted by Gasteiger charge is -2.26. The first-order chi connectivity index (χ1) is 9.78. The van der Waals surface area contributed by atoms with E-state index in [2.05, 4.69) is 22.6 Å². The van der Waals surface area contributed by atoms with E-state index in [1.54, 1.807) is 18.2 Å². The number of hydrogen-bond donors (Lipinski definition) is 1. The Labute approximate surface area is 136 Å². The van der Waals surface area contributed by atoms with Gasteiger partial charge in [0.2, 0.25) is 0 Å². The second-order valence-corrected chi connectivity index (χ2v) is 8.37. The van der Waals surface area contributed by atoms with Crippen molar-refractivity contribution in [3.63, 3.8) is 0 Å². The minimum absolute atomic E-state index is 0.00656. The van der Waals surface area contributed by atoms with Crippen LogP contribution in [0.4, 0.5) is 0 Å². The second-order valence-electron chi connectivity index (χ2n) is 4.89. The van der Waals surface area contributed by atoms with Crippen molar-refractivity contribution in [1.82, 2.24) is 4.90 Å². The molecule has 1 heterocycles. The zero-order chi connectivity index (χ0) is 15.6. The number of carboxylic acid groups (broad SMARTS) is 1. The predicted molar refractivity (Wildman–Crippen MR) is 84.9 cm³/mol. The molecule has 1 saturated heterocycles. The fourth-order valence-electron chi connectivity index (χ4n) is 2.32. The highest BCUT2D eigenvalue weighted by molar-refractivity contribution is 14.1. The lowest BCUT2D eigenvalue weighted by atomic mass is 10.1. The number of nitrogens with zero attached hydrogens (tertiary/aromatic N) is 1. The summed E-state index contributed by atoms with van der Waals surface area (Å²) in [6.07, 6.45) is 0.283. The van der Waals surface area contributed by atoms with Crippen molar-refractivity contribution in [2.24, 2.45) is 0 Å². The van der Waals surface area contributed by atoms with Crippen molar-refractivity contribution in [1.29, 1.82) is 0 Å². The summed E-state index contributed by atoms with van der Waals surface area (Å²) in [5.74, 6) is -1.78. The molecule has 0 saturated carbocycles. The van der Waals surface area contributed by atoms with Gasteiger partial charge in [0.1, 0.15) is 6.54 Å². The molecule has 2 rings (SSSR count). The van der Waals surface area contributed by atoms with Gasteiger partial charge in [-0.05, 0) is 47.2 Å². The van der Waals surface area contributed by atoms with Crippen LogP contribution in [0.25, 0.3) is 0 Å². The van der Waals surface area contributed by atoms with Crippen LogP contribution in [0, 0.1) is 3.57 Å². The SMILES string of the molecule is O=C(O)CN(C(=O)c1cccc(I)c1)C1CCS(=O)(=O)C1. The number of carbonyl (C=O) groups is 2. The summed E-state index contributed by atoms with van der Waals surface area (Å²) in [4.78, 5) is 24.6. The van der Waals surface area contributed by atoms with E-state index in [0.717, 1.165) is 8.47 Å². The number of hydrogen-bond acceptors (Lipinski definition) is 4. The quantitative estimate of drug-likeness (QED) is 0.730. The first-order valence-electron chi connectivity index (χ1n) is 6.27. The number of benzene rings is 1. The lowest BCUT2D eigenvalue weighted by Crippen LogP contribution is -2.44. The number of halogens is 1. The Morgan fingerprint density at radius 1 is 1.38 bits per heavy atom. The molecule has 0 bridgehead atoms. The van der Waals surface area contributed by atoms with Crippen molar-refractivity contribution in [2.75, 3.05) is 18.1 Å². The van der Waals surface area contributed by atoms with Gasteiger partial charge in [-0.25, -0.2) is 8.42 Å². The largest absolute Gasteiger partial charge is 0.480 e. The number of sulfone groups is 1. The Kier molecular flexibility index (Phi) is 4.87. The number of carbonyl (C=O) groups excluding carboxylic acids is 1. The Morgan fingerprint density at radius 3 is 2.62 bits per heavy atom. The number of amides is 1. The van der Waals surface area contributed by atoms with E-state index < -0.39 is 34.3 Å². The van der Waals surface area contributed by atoms with Gasteiger partial charge in [-0.1, -0.05) is 6.07 Å². The average Bonchev–Trinajstić information content (AvgIpc) is 2.75. The van der Waals surface area contributed by atoms with Gasteiger partial charge in [0.25, 0.3) is 5.91 Å². The van der Waals surface area contributed by atoms with Crippen LogP contribution in [0.1, 0.15) is 16.8 Å². The average molecular weight is 423 g/mol. The molecule has 6 nitrogen and oxygen atoms in total. The highest BCUT2D eigenvalue weighted by atomic mass is 127. The standard InChI is InChI=1S/C13H14INO5S/c14-10-3-1-2-9(6-10)13(18)15(7-12(16)17)11-4-5-21(19,20)8-11/h1-3,6,11H,4-5,7-8H2,(H,16,17). The molecular formula is C13H14INO5S. The van der Waals surface area contributed by atoms with Gasteiger partial charge in [-0.2, -0.15) is 0 Å². The van der Waals surface area contributed by atoms with Gasteiger partial charge in [-0.15, -0.1) is 0 Å². The molecule has 1 N–H and O–H groups in total. The van der Waals surface area contributed by atoms with Gasteiger partial charge in [0.15, 0.2) is 9.84 Å². The van der Waals surface area contributed by atoms with Crippen LogP contribution in [0.15, 0.2) is 24.3 Å². The van der Waals surface area contributed by atoms with Crippen molar-refractivity contribution in [3.05, 3.63) is 33.4 Å². The summed E-state index contributed by atoms with van der Waals surface area (Å²) < 4.78 is 24.0. The predicted octanol–water partition coefficient (Wildman–Crippen LogP) is 1.01. The van der Waals surface area contributed by atoms with Crippen LogP contribution >= 0.6 is 22.6 Å². The van der Waals surface area contributed by atoms with E-state index in [1.807, 2.05) is 6.07 Å². The summed E-state index contributed by atoms with van der Waals surface area (Å²) in [5.41, 5.74) is 0.368. The minimum atomic E-state index is -3.19. The third-order valence-corrected chi connectivity index (χ3v) is 5.71. The van der Waals surface area contributed by atoms with E-state index in [4.69, 9.17) is 5.11 Å². The molecule has 1 aliphatic rings. The van der Waals surface area contributed by atoms with Crippen LogP contribution in [0.2, 0.25) is 0 Å². The van der Waals surface area contributed by atoms with E-state index in [9.17, 15) is 18.0 Å². The summed E-state index contributed by atoms with van der Waals surface area (Å²) in [5, 5.41) is 8.98. The zero-order valence-corrected chi connectivity index (χ0v) is 14.0. The molecule has 0 spiro atoms. The van der Waals surface area contributed by atoms with E-state index in [1.165, 1.54) is 0 Å². The van der Waals surface area contributed by atoms with Gasteiger partial charge < -0.3 is 10.0 Å². The number of rotatable bonds is 4. The summed E-state index contributed by atoms with van der Waals surface area (Å²) in [6, 6.07) is 6.21. The van der Waals surface area contributed by atoms with Crippen LogP contribution < -0.4 is 0 Å². The van der Waals surface area contributed by atoms with Crippen molar-refractivity contribution >= 4 is 44.3 Å². The van der Waals surface area contributed by atoms with E-state index in [-0.39, 0.29) is 17.9 Å². The van der Waals surface area contributed by atoms with Crippen molar-refractivity contribution in [2.45, 2.75) is 12.5 Å². The molecule has 1 atom stereocenters. The van der Waals surface area contributed by atoms with E-state index >= 15 is 0 Å². The van der Waals surface area contributed by atoms with Crippen LogP contribution in [-0.2, 0) is 14.6 Å². The van der Waals surface area contributed by atoms with Crippen LogP contribution in [-0.4, -0.2) is 54.4 Å². The fraction of sp³-hybridized carbons (Fsp3) is 0.385. The van der Waals surface area contributed by atoms with Crippen molar-refractivity contribution < 1.29 is 23.1 Å². The molecule has 114 valence electrons. The smallest absolute Gasteiger partial charge is 0.323 e. The molecule has 1 aromatic rings. The van der Waals surface area contributed by atoms with Gasteiger partial charge in [0.05, 0.1) is 11.5 Å². The second kappa shape index (κ2) is 6.30. The zero-order valence-electron chi connectivity index (χ0n) is 11.0. The molecular weight excluding hydrogens is 409 g/mol. The first kappa shape index (κ1) is 16.2. The van der Waals surface area contributed by atoms with E-state index in [0.29, 0.717) is 5.56 Å². The molecule has 0 radical (unpaired) electrons. The molecule has 8 heteroatoms. The molecule has 21 heavy (non-hydrogen) atoms. The van der Waals surface area contributed by atoms with Gasteiger partial charge >= 0.3 is 5.97 Å². The number of carboxylic acids is 1. The monoisotopic (exact) mass is 423 g/mol. The highest BCUT2D eigenvalue weighted by Gasteiger charge is 2.35. The molecule has 1 amide bonds. The van der Waals surface area contributed by atoms with Crippen LogP contribution in [0.3, 0.4) is 0 Å². The Balaban J connectivity index is 2.28. The highest BCUT2D eigenvalue weighted by Crippen LogP contribution is 2.20. The third-order valence-electron chi connectivity index (χ3n) is 3.29. The molecule has 0 aromatic heterocycles. The molecule has 1 unspecified atom stereocenters. The fourth-order valence-corrected chi connectivity index (χ4v) is 4.59. The first-order valence-corrected chi connectivity index (χ1v) is 9.17. The normalized spacial score (nSPS) is 20.1. The van der Waals surface area contributed by atoms with Crippen LogP contribution in [0.5, 0.6) is 0 Å². The Hall–Kier alpha value is -1.16. The lowest BCUT2D eigenvalue weighted by molar-refractivity contribution is -0.138. The maximum absolute atomic E-state index is 12.5. The molecule has 1 fully saturated rings. The minimum Gasteiger partial charge on any atom is -0.480 e. The summed E-state index contributed by atoms with van der Waals surface area (Å²) in [7, 11) is -3.19. The maximum atomic E-state index is 12.5.